The quantitative estimate of drug-likeness (QED) is 0.565. The number of para-hydroxylation sites is 1. The summed E-state index contributed by atoms with van der Waals surface area (Å²) in [4.78, 5) is 23.2. The molecule has 26 heavy (non-hydrogen) atoms. The van der Waals surface area contributed by atoms with Gasteiger partial charge < -0.3 is 19.4 Å². The number of methoxy groups -OCH3 is 2. The fraction of sp³-hybridized carbons (Fsp3) is 0.100. The summed E-state index contributed by atoms with van der Waals surface area (Å²) in [6.07, 6.45) is 3.06. The first kappa shape index (κ1) is 17.3. The number of anilines is 1. The average molecular weight is 350 g/mol. The molecule has 132 valence electrons. The Balaban J connectivity index is 1.86. The molecule has 0 aliphatic carbocycles. The zero-order valence-electron chi connectivity index (χ0n) is 14.4. The van der Waals surface area contributed by atoms with Crippen LogP contribution in [-0.2, 0) is 19.1 Å². The first-order chi connectivity index (χ1) is 12.6. The van der Waals surface area contributed by atoms with Gasteiger partial charge in [-0.25, -0.2) is 9.59 Å². The summed E-state index contributed by atoms with van der Waals surface area (Å²) in [5, 5.41) is 4.04. The molecule has 1 N–H and O–H groups in total. The van der Waals surface area contributed by atoms with E-state index in [2.05, 4.69) is 37.6 Å². The van der Waals surface area contributed by atoms with Crippen LogP contribution in [0.3, 0.4) is 0 Å². The van der Waals surface area contributed by atoms with E-state index >= 15 is 0 Å². The summed E-state index contributed by atoms with van der Waals surface area (Å²) in [7, 11) is 2.49. The molecule has 0 spiro atoms. The van der Waals surface area contributed by atoms with E-state index in [0.29, 0.717) is 5.69 Å². The molecule has 0 saturated heterocycles. The number of carbonyl (C=O) groups excluding carboxylic acids is 2. The smallest absolute Gasteiger partial charge is 0.354 e. The summed E-state index contributed by atoms with van der Waals surface area (Å²) in [6, 6.07) is 17.6. The summed E-state index contributed by atoms with van der Waals surface area (Å²) in [5.41, 5.74) is 2.73. The van der Waals surface area contributed by atoms with Gasteiger partial charge in [-0.15, -0.1) is 0 Å². The van der Waals surface area contributed by atoms with E-state index in [4.69, 9.17) is 0 Å². The molecule has 0 unspecified atom stereocenters. The van der Waals surface area contributed by atoms with Crippen LogP contribution in [0.25, 0.3) is 16.6 Å². The number of rotatable bonds is 5. The zero-order valence-corrected chi connectivity index (χ0v) is 14.4. The third kappa shape index (κ3) is 3.59. The highest BCUT2D eigenvalue weighted by Gasteiger charge is 2.13. The lowest BCUT2D eigenvalue weighted by molar-refractivity contribution is -0.138. The number of carbonyl (C=O) groups is 2. The van der Waals surface area contributed by atoms with Gasteiger partial charge in [0, 0.05) is 17.6 Å². The predicted molar refractivity (Wildman–Crippen MR) is 99.0 cm³/mol. The Morgan fingerprint density at radius 3 is 2.38 bits per heavy atom. The maximum atomic E-state index is 11.8. The first-order valence-corrected chi connectivity index (χ1v) is 7.94. The van der Waals surface area contributed by atoms with E-state index in [-0.39, 0.29) is 5.70 Å². The number of esters is 2. The lowest BCUT2D eigenvalue weighted by Crippen LogP contribution is -2.15. The molecule has 3 aromatic rings. The molecule has 0 aliphatic heterocycles. The van der Waals surface area contributed by atoms with Crippen molar-refractivity contribution in [3.8, 4) is 5.69 Å². The molecule has 0 atom stereocenters. The third-order valence-corrected chi connectivity index (χ3v) is 3.89. The number of ether oxygens (including phenoxy) is 2. The molecule has 0 radical (unpaired) electrons. The Morgan fingerprint density at radius 1 is 0.962 bits per heavy atom. The summed E-state index contributed by atoms with van der Waals surface area (Å²) in [6.45, 7) is 0. The van der Waals surface area contributed by atoms with Crippen molar-refractivity contribution >= 4 is 28.5 Å². The summed E-state index contributed by atoms with van der Waals surface area (Å²) < 4.78 is 11.3. The number of hydrogen-bond acceptors (Lipinski definition) is 5. The largest absolute Gasteiger partial charge is 0.466 e. The van der Waals surface area contributed by atoms with Crippen LogP contribution < -0.4 is 5.32 Å². The minimum absolute atomic E-state index is 0.00138. The second kappa shape index (κ2) is 7.57. The predicted octanol–water partition coefficient (Wildman–Crippen LogP) is 3.27. The molecule has 0 aliphatic rings. The van der Waals surface area contributed by atoms with Crippen LogP contribution in [0.4, 0.5) is 5.69 Å². The van der Waals surface area contributed by atoms with E-state index in [0.717, 1.165) is 22.7 Å². The molecule has 0 saturated carbocycles. The van der Waals surface area contributed by atoms with Crippen molar-refractivity contribution in [2.24, 2.45) is 0 Å². The van der Waals surface area contributed by atoms with E-state index in [1.165, 1.54) is 14.2 Å². The highest BCUT2D eigenvalue weighted by atomic mass is 16.5. The standard InChI is InChI=1S/C20H18N2O4/c1-25-19(23)13-17(20(24)26-2)21-15-7-9-16(10-8-15)22-12-11-14-5-3-4-6-18(14)22/h3-13,21H,1-2H3/b17-13+. The molecular formula is C20H18N2O4. The van der Waals surface area contributed by atoms with Crippen LogP contribution in [0.1, 0.15) is 0 Å². The van der Waals surface area contributed by atoms with Gasteiger partial charge in [-0.3, -0.25) is 0 Å². The van der Waals surface area contributed by atoms with Crippen molar-refractivity contribution in [1.82, 2.24) is 4.57 Å². The Labute approximate surface area is 150 Å². The van der Waals surface area contributed by atoms with E-state index in [9.17, 15) is 9.59 Å². The normalized spacial score (nSPS) is 11.2. The van der Waals surface area contributed by atoms with Crippen molar-refractivity contribution in [2.75, 3.05) is 19.5 Å². The Hall–Kier alpha value is -3.54. The maximum Gasteiger partial charge on any atom is 0.354 e. The van der Waals surface area contributed by atoms with Crippen molar-refractivity contribution in [3.63, 3.8) is 0 Å². The monoisotopic (exact) mass is 350 g/mol. The van der Waals surface area contributed by atoms with Gasteiger partial charge in [-0.05, 0) is 41.8 Å². The van der Waals surface area contributed by atoms with Crippen molar-refractivity contribution < 1.29 is 19.1 Å². The number of aromatic nitrogens is 1. The number of fused-ring (bicyclic) bond motifs is 1. The minimum Gasteiger partial charge on any atom is -0.466 e. The van der Waals surface area contributed by atoms with E-state index in [1.54, 1.807) is 0 Å². The number of hydrogen-bond donors (Lipinski definition) is 1. The molecular weight excluding hydrogens is 332 g/mol. The third-order valence-electron chi connectivity index (χ3n) is 3.89. The maximum absolute atomic E-state index is 11.8. The number of nitrogens with one attached hydrogen (secondary N) is 1. The summed E-state index contributed by atoms with van der Waals surface area (Å²) in [5.74, 6) is -1.30. The average Bonchev–Trinajstić information content (AvgIpc) is 3.11. The molecule has 6 heteroatoms. The molecule has 1 heterocycles. The van der Waals surface area contributed by atoms with Crippen molar-refractivity contribution in [2.45, 2.75) is 0 Å². The number of nitrogens with zero attached hydrogens (tertiary/aromatic N) is 1. The van der Waals surface area contributed by atoms with E-state index < -0.39 is 11.9 Å². The van der Waals surface area contributed by atoms with Crippen LogP contribution in [0.5, 0.6) is 0 Å². The Kier molecular flexibility index (Phi) is 5.03. The molecule has 3 rings (SSSR count). The number of benzene rings is 2. The SMILES string of the molecule is COC(=O)/C=C(/Nc1ccc(-n2ccc3ccccc32)cc1)C(=O)OC. The van der Waals surface area contributed by atoms with Crippen LogP contribution in [0, 0.1) is 0 Å². The van der Waals surface area contributed by atoms with Crippen LogP contribution >= 0.6 is 0 Å². The first-order valence-electron chi connectivity index (χ1n) is 7.94. The van der Waals surface area contributed by atoms with E-state index in [1.807, 2.05) is 42.6 Å². The Morgan fingerprint density at radius 2 is 1.69 bits per heavy atom. The molecule has 0 amide bonds. The van der Waals surface area contributed by atoms with Gasteiger partial charge in [0.25, 0.3) is 0 Å². The second-order valence-corrected chi connectivity index (χ2v) is 5.49. The van der Waals surface area contributed by atoms with Gasteiger partial charge in [-0.2, -0.15) is 0 Å². The highest BCUT2D eigenvalue weighted by Crippen LogP contribution is 2.22. The molecule has 0 bridgehead atoms. The molecule has 2 aromatic carbocycles. The summed E-state index contributed by atoms with van der Waals surface area (Å²) >= 11 is 0. The molecule has 0 fully saturated rings. The van der Waals surface area contributed by atoms with Crippen molar-refractivity contribution in [3.05, 3.63) is 72.6 Å². The fourth-order valence-electron chi connectivity index (χ4n) is 2.60. The molecule has 1 aromatic heterocycles. The fourth-order valence-corrected chi connectivity index (χ4v) is 2.60. The topological polar surface area (TPSA) is 69.6 Å². The Bertz CT molecular complexity index is 971. The lowest BCUT2D eigenvalue weighted by Gasteiger charge is -2.11. The van der Waals surface area contributed by atoms with Gasteiger partial charge in [-0.1, -0.05) is 18.2 Å². The highest BCUT2D eigenvalue weighted by molar-refractivity contribution is 5.98. The van der Waals surface area contributed by atoms with Gasteiger partial charge >= 0.3 is 11.9 Å². The van der Waals surface area contributed by atoms with Gasteiger partial charge in [0.15, 0.2) is 0 Å². The van der Waals surface area contributed by atoms with Crippen LogP contribution in [0.2, 0.25) is 0 Å². The van der Waals surface area contributed by atoms with Gasteiger partial charge in [0.2, 0.25) is 0 Å². The van der Waals surface area contributed by atoms with Gasteiger partial charge in [0.1, 0.15) is 5.70 Å². The van der Waals surface area contributed by atoms with Crippen LogP contribution in [-0.4, -0.2) is 30.7 Å². The second-order valence-electron chi connectivity index (χ2n) is 5.49. The van der Waals surface area contributed by atoms with Crippen LogP contribution in [0.15, 0.2) is 72.6 Å². The van der Waals surface area contributed by atoms with Crippen molar-refractivity contribution in [1.29, 1.82) is 0 Å². The lowest BCUT2D eigenvalue weighted by atomic mass is 10.2. The zero-order chi connectivity index (χ0) is 18.5. The molecule has 6 nitrogen and oxygen atoms in total. The minimum atomic E-state index is -0.657. The van der Waals surface area contributed by atoms with Gasteiger partial charge in [0.05, 0.1) is 25.8 Å².